The van der Waals surface area contributed by atoms with Crippen LogP contribution in [0.4, 0.5) is 0 Å². The number of nitrogens with one attached hydrogen (secondary N) is 1. The lowest BCUT2D eigenvalue weighted by Gasteiger charge is -2.38. The number of hydrogen-bond donors (Lipinski definition) is 3. The second-order valence-corrected chi connectivity index (χ2v) is 9.71. The van der Waals surface area contributed by atoms with Gasteiger partial charge in [0.2, 0.25) is 0 Å². The van der Waals surface area contributed by atoms with Gasteiger partial charge in [0.05, 0.1) is 18.2 Å². The minimum Gasteiger partial charge on any atom is -0.507 e. The summed E-state index contributed by atoms with van der Waals surface area (Å²) in [7, 11) is 0. The Morgan fingerprint density at radius 3 is 2.55 bits per heavy atom. The summed E-state index contributed by atoms with van der Waals surface area (Å²) < 4.78 is 0. The molecule has 0 saturated heterocycles. The molecule has 168 valence electrons. The first-order valence-corrected chi connectivity index (χ1v) is 12.3. The molecule has 3 N–H and O–H groups in total. The monoisotopic (exact) mass is 438 g/mol. The normalized spacial score (nSPS) is 22.5. The summed E-state index contributed by atoms with van der Waals surface area (Å²) in [6, 6.07) is 12.1. The first-order valence-electron chi connectivity index (χ1n) is 12.3. The van der Waals surface area contributed by atoms with Crippen LogP contribution in [0.3, 0.4) is 0 Å². The molecule has 3 aromatic rings. The summed E-state index contributed by atoms with van der Waals surface area (Å²) >= 11 is 0. The fourth-order valence-corrected chi connectivity index (χ4v) is 6.32. The van der Waals surface area contributed by atoms with Crippen LogP contribution < -0.4 is 0 Å². The number of aliphatic hydroxyl groups excluding tert-OH is 1. The number of hydrogen-bond acceptors (Lipinski definition) is 3. The van der Waals surface area contributed by atoms with Crippen LogP contribution in [0.25, 0.3) is 22.4 Å². The van der Waals surface area contributed by atoms with Crippen molar-refractivity contribution in [2.24, 2.45) is 11.8 Å². The maximum absolute atomic E-state index is 11.9. The van der Waals surface area contributed by atoms with Gasteiger partial charge >= 0.3 is 0 Å². The Balaban J connectivity index is 1.58. The molecule has 1 aromatic heterocycles. The van der Waals surface area contributed by atoms with E-state index in [1.165, 1.54) is 30.4 Å². The van der Waals surface area contributed by atoms with Gasteiger partial charge < -0.3 is 15.2 Å². The van der Waals surface area contributed by atoms with E-state index in [1.807, 2.05) is 24.4 Å². The molecule has 33 heavy (non-hydrogen) atoms. The average molecular weight is 439 g/mol. The fourth-order valence-electron chi connectivity index (χ4n) is 6.32. The van der Waals surface area contributed by atoms with Crippen LogP contribution in [0.5, 0.6) is 5.75 Å². The van der Waals surface area contributed by atoms with Crippen LogP contribution in [-0.2, 0) is 12.8 Å². The van der Waals surface area contributed by atoms with E-state index in [9.17, 15) is 10.2 Å². The number of nitrogens with zero attached hydrogens (tertiary/aromatic N) is 1. The second kappa shape index (κ2) is 8.26. The van der Waals surface area contributed by atoms with Gasteiger partial charge in [-0.05, 0) is 73.1 Å². The number of aromatic nitrogens is 2. The maximum atomic E-state index is 11.9. The Morgan fingerprint density at radius 1 is 0.879 bits per heavy atom. The first-order chi connectivity index (χ1) is 16.2. The van der Waals surface area contributed by atoms with E-state index in [4.69, 9.17) is 0 Å². The van der Waals surface area contributed by atoms with Gasteiger partial charge in [-0.2, -0.15) is 0 Å². The molecule has 0 amide bonds. The summed E-state index contributed by atoms with van der Waals surface area (Å²) in [5.41, 5.74) is 8.30. The fraction of sp³-hybridized carbons (Fsp3) is 0.345. The Labute approximate surface area is 194 Å². The van der Waals surface area contributed by atoms with Gasteiger partial charge in [-0.25, -0.2) is 4.98 Å². The molecule has 2 aromatic carbocycles. The van der Waals surface area contributed by atoms with Crippen LogP contribution in [0.1, 0.15) is 60.8 Å². The second-order valence-electron chi connectivity index (χ2n) is 9.71. The molecule has 4 heteroatoms. The van der Waals surface area contributed by atoms with E-state index in [0.717, 1.165) is 65.6 Å². The van der Waals surface area contributed by atoms with Crippen molar-refractivity contribution in [2.45, 2.75) is 51.4 Å². The van der Waals surface area contributed by atoms with Crippen molar-refractivity contribution in [3.05, 3.63) is 83.0 Å². The van der Waals surface area contributed by atoms with Gasteiger partial charge in [0.15, 0.2) is 0 Å². The van der Waals surface area contributed by atoms with Crippen LogP contribution in [0.15, 0.2) is 60.8 Å². The molecule has 0 spiro atoms. The first kappa shape index (κ1) is 20.3. The van der Waals surface area contributed by atoms with Gasteiger partial charge in [0.1, 0.15) is 11.5 Å². The largest absolute Gasteiger partial charge is 0.507 e. The summed E-state index contributed by atoms with van der Waals surface area (Å²) in [5, 5.41) is 23.0. The van der Waals surface area contributed by atoms with Gasteiger partial charge in [0, 0.05) is 22.3 Å². The van der Waals surface area contributed by atoms with E-state index >= 15 is 0 Å². The molecule has 2 atom stereocenters. The number of imidazole rings is 1. The molecule has 0 radical (unpaired) electrons. The van der Waals surface area contributed by atoms with Gasteiger partial charge in [-0.15, -0.1) is 0 Å². The van der Waals surface area contributed by atoms with Crippen molar-refractivity contribution in [1.82, 2.24) is 9.97 Å². The van der Waals surface area contributed by atoms with Crippen molar-refractivity contribution in [3.63, 3.8) is 0 Å². The van der Waals surface area contributed by atoms with E-state index in [2.05, 4.69) is 34.2 Å². The van der Waals surface area contributed by atoms with Crippen molar-refractivity contribution in [2.75, 3.05) is 0 Å². The molecule has 3 aliphatic carbocycles. The van der Waals surface area contributed by atoms with Crippen LogP contribution in [0, 0.1) is 11.8 Å². The smallest absolute Gasteiger partial charge is 0.127 e. The predicted molar refractivity (Wildman–Crippen MR) is 132 cm³/mol. The topological polar surface area (TPSA) is 69.1 Å². The van der Waals surface area contributed by atoms with E-state index in [1.54, 1.807) is 6.33 Å². The zero-order valence-electron chi connectivity index (χ0n) is 18.8. The minimum atomic E-state index is 0.251. The van der Waals surface area contributed by atoms with Crippen LogP contribution in [-0.4, -0.2) is 20.2 Å². The number of aryl methyl sites for hydroxylation is 1. The third-order valence-electron chi connectivity index (χ3n) is 7.87. The Morgan fingerprint density at radius 2 is 1.70 bits per heavy atom. The van der Waals surface area contributed by atoms with Crippen molar-refractivity contribution in [3.8, 4) is 17.0 Å². The Kier molecular flexibility index (Phi) is 5.09. The average Bonchev–Trinajstić information content (AvgIpc) is 3.39. The molecular weight excluding hydrogens is 408 g/mol. The number of allylic oxidation sites excluding steroid dienone is 3. The zero-order valence-corrected chi connectivity index (χ0v) is 18.8. The molecule has 4 nitrogen and oxygen atoms in total. The Bertz CT molecular complexity index is 1250. The summed E-state index contributed by atoms with van der Waals surface area (Å²) in [5.74, 6) is 1.26. The lowest BCUT2D eigenvalue weighted by molar-refractivity contribution is 0.328. The molecule has 3 aliphatic rings. The quantitative estimate of drug-likeness (QED) is 0.420. The molecular formula is C29H30N2O2. The number of aromatic hydroxyl groups is 1. The van der Waals surface area contributed by atoms with Gasteiger partial charge in [-0.3, -0.25) is 0 Å². The number of H-pyrrole nitrogens is 1. The van der Waals surface area contributed by atoms with Crippen LogP contribution in [0.2, 0.25) is 0 Å². The lowest BCUT2D eigenvalue weighted by atomic mass is 9.67. The van der Waals surface area contributed by atoms with Crippen molar-refractivity contribution < 1.29 is 10.2 Å². The number of aromatic amines is 1. The summed E-state index contributed by atoms with van der Waals surface area (Å²) in [4.78, 5) is 7.43. The molecule has 0 bridgehead atoms. The lowest BCUT2D eigenvalue weighted by Crippen LogP contribution is -2.25. The standard InChI is InChI=1S/C29H30N2O2/c32-26-14-13-18-7-1-3-9-20(18)27(26)28-21-10-4-2-8-19(21)15-24(29(28)33)22-11-5-6-12-23(22)25-16-30-17-31-25/h5-6,11-17,19,21,32-33H,1-4,7-10H2,(H,30,31). The number of phenols is 1. The number of rotatable bonds is 3. The van der Waals surface area contributed by atoms with E-state index in [0.29, 0.717) is 17.4 Å². The predicted octanol–water partition coefficient (Wildman–Crippen LogP) is 6.83. The highest BCUT2D eigenvalue weighted by molar-refractivity contribution is 5.95. The Hall–Kier alpha value is -3.27. The molecule has 2 unspecified atom stereocenters. The SMILES string of the molecule is OC1=C(c2c(O)ccc3c2CCCC3)C2CCCCC2C=C1c1ccccc1-c1cnc[nH]1. The van der Waals surface area contributed by atoms with Crippen molar-refractivity contribution >= 4 is 11.1 Å². The highest BCUT2D eigenvalue weighted by Gasteiger charge is 2.37. The molecule has 1 fully saturated rings. The van der Waals surface area contributed by atoms with Crippen LogP contribution >= 0.6 is 0 Å². The molecule has 6 rings (SSSR count). The summed E-state index contributed by atoms with van der Waals surface area (Å²) in [6.45, 7) is 0. The maximum Gasteiger partial charge on any atom is 0.127 e. The number of phenolic OH excluding ortho intramolecular Hbond substituents is 1. The molecule has 1 heterocycles. The third kappa shape index (κ3) is 3.40. The van der Waals surface area contributed by atoms with E-state index < -0.39 is 0 Å². The highest BCUT2D eigenvalue weighted by Crippen LogP contribution is 2.52. The summed E-state index contributed by atoms with van der Waals surface area (Å²) in [6.07, 6.45) is 14.7. The molecule has 1 saturated carbocycles. The third-order valence-corrected chi connectivity index (χ3v) is 7.87. The number of benzene rings is 2. The zero-order chi connectivity index (χ0) is 22.4. The molecule has 0 aliphatic heterocycles. The van der Waals surface area contributed by atoms with Gasteiger partial charge in [0.25, 0.3) is 0 Å². The van der Waals surface area contributed by atoms with E-state index in [-0.39, 0.29) is 5.92 Å². The van der Waals surface area contributed by atoms with Crippen molar-refractivity contribution in [1.29, 1.82) is 0 Å². The minimum absolute atomic E-state index is 0.251. The highest BCUT2D eigenvalue weighted by atomic mass is 16.3. The number of fused-ring (bicyclic) bond motifs is 2. The van der Waals surface area contributed by atoms with Gasteiger partial charge in [-0.1, -0.05) is 49.2 Å². The number of aliphatic hydroxyl groups is 1.